The van der Waals surface area contributed by atoms with Crippen LogP contribution in [0.1, 0.15) is 12.6 Å². The number of aromatic nitrogens is 2. The maximum atomic E-state index is 13.4. The van der Waals surface area contributed by atoms with E-state index >= 15 is 0 Å². The van der Waals surface area contributed by atoms with Gasteiger partial charge in [-0.15, -0.1) is 0 Å². The van der Waals surface area contributed by atoms with Crippen LogP contribution >= 0.6 is 23.4 Å². The van der Waals surface area contributed by atoms with Crippen LogP contribution in [0.5, 0.6) is 0 Å². The van der Waals surface area contributed by atoms with Crippen LogP contribution in [0.4, 0.5) is 27.8 Å². The molecule has 0 saturated heterocycles. The van der Waals surface area contributed by atoms with Crippen LogP contribution in [0.2, 0.25) is 0 Å². The van der Waals surface area contributed by atoms with Gasteiger partial charge >= 0.3 is 6.18 Å². The first kappa shape index (κ1) is 19.9. The van der Waals surface area contributed by atoms with Crippen molar-refractivity contribution in [3.63, 3.8) is 0 Å². The van der Waals surface area contributed by atoms with Crippen LogP contribution < -0.4 is 11.1 Å². The molecule has 3 N–H and O–H groups in total. The van der Waals surface area contributed by atoms with Crippen LogP contribution in [0, 0.1) is 0 Å². The van der Waals surface area contributed by atoms with Crippen molar-refractivity contribution < 1.29 is 26.7 Å². The van der Waals surface area contributed by atoms with Crippen molar-refractivity contribution in [1.82, 2.24) is 15.1 Å². The molecule has 1 aromatic rings. The Hall–Kier alpha value is -1.46. The van der Waals surface area contributed by atoms with Crippen LogP contribution in [0.3, 0.4) is 0 Å². The molecule has 1 aromatic heterocycles. The fraction of sp³-hybridized carbons (Fsp3) is 0.462. The lowest BCUT2D eigenvalue weighted by Crippen LogP contribution is -2.42. The van der Waals surface area contributed by atoms with Crippen LogP contribution in [0.25, 0.3) is 0 Å². The Morgan fingerprint density at radius 1 is 1.40 bits per heavy atom. The largest absolute Gasteiger partial charge is 0.416 e. The Kier molecular flexibility index (Phi) is 5.31. The summed E-state index contributed by atoms with van der Waals surface area (Å²) in [6, 6.07) is 0. The number of allylic oxidation sites excluding steroid dienone is 2. The molecule has 140 valence electrons. The zero-order chi connectivity index (χ0) is 19.0. The summed E-state index contributed by atoms with van der Waals surface area (Å²) in [4.78, 5) is -0.118. The maximum Gasteiger partial charge on any atom is 0.416 e. The van der Waals surface area contributed by atoms with Crippen molar-refractivity contribution >= 4 is 29.2 Å². The fourth-order valence-electron chi connectivity index (χ4n) is 2.08. The predicted octanol–water partition coefficient (Wildman–Crippen LogP) is 3.77. The van der Waals surface area contributed by atoms with E-state index in [1.807, 2.05) is 0 Å². The van der Waals surface area contributed by atoms with E-state index in [0.29, 0.717) is 13.0 Å². The van der Waals surface area contributed by atoms with E-state index in [1.54, 1.807) is 0 Å². The molecule has 0 radical (unpaired) electrons. The Labute approximate surface area is 149 Å². The highest BCUT2D eigenvalue weighted by molar-refractivity contribution is 8.00. The summed E-state index contributed by atoms with van der Waals surface area (Å²) in [6.07, 6.45) is -2.22. The zero-order valence-corrected chi connectivity index (χ0v) is 14.6. The number of anilines is 1. The predicted molar refractivity (Wildman–Crippen MR) is 84.1 cm³/mol. The second-order valence-corrected chi connectivity index (χ2v) is 7.07. The smallest absolute Gasteiger partial charge is 0.383 e. The molecule has 2 heterocycles. The number of nitrogens with zero attached hydrogens (tertiary/aromatic N) is 2. The van der Waals surface area contributed by atoms with Gasteiger partial charge in [-0.25, -0.2) is 4.68 Å². The van der Waals surface area contributed by atoms with Crippen LogP contribution in [-0.2, 0) is 16.5 Å². The second-order valence-electron chi connectivity index (χ2n) is 5.16. The van der Waals surface area contributed by atoms with Gasteiger partial charge in [-0.2, -0.15) is 27.1 Å². The summed E-state index contributed by atoms with van der Waals surface area (Å²) in [5, 5.41) is 1.27. The highest BCUT2D eigenvalue weighted by Crippen LogP contribution is 2.43. The molecular formula is C13H14ClF5N4OS. The molecule has 5 nitrogen and oxygen atoms in total. The molecule has 25 heavy (non-hydrogen) atoms. The molecule has 1 unspecified atom stereocenters. The minimum Gasteiger partial charge on any atom is -0.383 e. The molecule has 1 aliphatic heterocycles. The van der Waals surface area contributed by atoms with Gasteiger partial charge in [0.2, 0.25) is 5.12 Å². The van der Waals surface area contributed by atoms with Gasteiger partial charge in [0.1, 0.15) is 11.5 Å². The first-order chi connectivity index (χ1) is 11.4. The van der Waals surface area contributed by atoms with Crippen molar-refractivity contribution in [3.8, 4) is 0 Å². The molecule has 0 spiro atoms. The average Bonchev–Trinajstić information content (AvgIpc) is 2.75. The van der Waals surface area contributed by atoms with Crippen molar-refractivity contribution in [2.24, 2.45) is 0 Å². The SMILES string of the molecule is COCc1nn(C2(Cl)C=C(C(F)(F)F)C=CN2)c(N)c1SC(C)(F)F. The molecule has 0 fully saturated rings. The third-order valence-electron chi connectivity index (χ3n) is 3.04. The van der Waals surface area contributed by atoms with Gasteiger partial charge in [0, 0.05) is 20.2 Å². The molecule has 0 aromatic carbocycles. The van der Waals surface area contributed by atoms with Gasteiger partial charge in [-0.1, -0.05) is 11.6 Å². The van der Waals surface area contributed by atoms with Crippen molar-refractivity contribution in [3.05, 3.63) is 29.6 Å². The third-order valence-corrected chi connectivity index (χ3v) is 4.42. The molecule has 12 heteroatoms. The van der Waals surface area contributed by atoms with Crippen molar-refractivity contribution in [2.75, 3.05) is 12.8 Å². The lowest BCUT2D eigenvalue weighted by Gasteiger charge is -2.29. The Bertz CT molecular complexity index is 712. The number of hydrogen-bond acceptors (Lipinski definition) is 5. The van der Waals surface area contributed by atoms with E-state index in [9.17, 15) is 22.0 Å². The maximum absolute atomic E-state index is 13.4. The van der Waals surface area contributed by atoms with E-state index in [4.69, 9.17) is 22.1 Å². The number of dihydropyridines is 1. The summed E-state index contributed by atoms with van der Waals surface area (Å²) >= 11 is 6.32. The molecule has 1 aliphatic rings. The van der Waals surface area contributed by atoms with Gasteiger partial charge in [0.25, 0.3) is 5.25 Å². The molecule has 0 amide bonds. The number of alkyl halides is 6. The monoisotopic (exact) mass is 404 g/mol. The van der Waals surface area contributed by atoms with Gasteiger partial charge in [-0.3, -0.25) is 0 Å². The van der Waals surface area contributed by atoms with E-state index in [0.717, 1.165) is 17.0 Å². The van der Waals surface area contributed by atoms with Crippen molar-refractivity contribution in [1.29, 1.82) is 0 Å². The summed E-state index contributed by atoms with van der Waals surface area (Å²) in [6.45, 7) is 0.485. The van der Waals surface area contributed by atoms with Gasteiger partial charge in [0.15, 0.2) is 0 Å². The highest BCUT2D eigenvalue weighted by atomic mass is 35.5. The first-order valence-corrected chi connectivity index (χ1v) is 7.93. The molecule has 0 saturated carbocycles. The normalized spacial score (nSPS) is 21.2. The molecule has 0 bridgehead atoms. The molecule has 0 aliphatic carbocycles. The van der Waals surface area contributed by atoms with Crippen molar-refractivity contribution in [2.45, 2.75) is 35.0 Å². The lowest BCUT2D eigenvalue weighted by atomic mass is 10.1. The minimum atomic E-state index is -4.65. The zero-order valence-electron chi connectivity index (χ0n) is 13.0. The van der Waals surface area contributed by atoms with Gasteiger partial charge in [-0.05, 0) is 23.9 Å². The Balaban J connectivity index is 2.54. The Morgan fingerprint density at radius 3 is 2.56 bits per heavy atom. The van der Waals surface area contributed by atoms with Gasteiger partial charge < -0.3 is 15.8 Å². The highest BCUT2D eigenvalue weighted by Gasteiger charge is 2.41. The average molecular weight is 405 g/mol. The number of nitrogens with one attached hydrogen (secondary N) is 1. The van der Waals surface area contributed by atoms with E-state index in [-0.39, 0.29) is 34.8 Å². The number of nitrogen functional groups attached to an aromatic ring is 1. The fourth-order valence-corrected chi connectivity index (χ4v) is 3.15. The first-order valence-electron chi connectivity index (χ1n) is 6.74. The number of hydrogen-bond donors (Lipinski definition) is 2. The lowest BCUT2D eigenvalue weighted by molar-refractivity contribution is -0.0892. The standard InChI is InChI=1S/C13H14ClF5N4OS/c1-11(15,16)25-9-8(6-24-2)22-23(10(9)20)12(14)5-7(3-4-21-12)13(17,18)19/h3-5,21H,6,20H2,1-2H3. The topological polar surface area (TPSA) is 65.1 Å². The minimum absolute atomic E-state index is 0.0323. The number of ether oxygens (including phenoxy) is 1. The van der Waals surface area contributed by atoms with Gasteiger partial charge in [0.05, 0.1) is 17.1 Å². The van der Waals surface area contributed by atoms with E-state index < -0.39 is 22.1 Å². The summed E-state index contributed by atoms with van der Waals surface area (Å²) in [7, 11) is 1.31. The van der Waals surface area contributed by atoms with E-state index in [1.165, 1.54) is 7.11 Å². The van der Waals surface area contributed by atoms with E-state index in [2.05, 4.69) is 10.4 Å². The number of nitrogens with two attached hydrogens (primary N) is 1. The third kappa shape index (κ3) is 4.39. The second kappa shape index (κ2) is 6.69. The number of thioether (sulfide) groups is 1. The number of methoxy groups -OCH3 is 1. The van der Waals surface area contributed by atoms with Crippen LogP contribution in [0.15, 0.2) is 28.8 Å². The Morgan fingerprint density at radius 2 is 2.04 bits per heavy atom. The summed E-state index contributed by atoms with van der Waals surface area (Å²) in [5.74, 6) is -0.311. The molecular weight excluding hydrogens is 391 g/mol. The molecule has 2 rings (SSSR count). The van der Waals surface area contributed by atoms with Crippen LogP contribution in [-0.4, -0.2) is 28.3 Å². The number of rotatable bonds is 5. The quantitative estimate of drug-likeness (QED) is 0.338. The summed E-state index contributed by atoms with van der Waals surface area (Å²) in [5.41, 5.74) is 4.85. The number of halogens is 6. The molecule has 1 atom stereocenters. The summed E-state index contributed by atoms with van der Waals surface area (Å²) < 4.78 is 71.3.